The lowest BCUT2D eigenvalue weighted by molar-refractivity contribution is 0.0522. The van der Waals surface area contributed by atoms with E-state index in [-0.39, 0.29) is 29.0 Å². The second kappa shape index (κ2) is 6.23. The molecule has 0 saturated carbocycles. The molecule has 1 aromatic heterocycles. The topological polar surface area (TPSA) is 97.5 Å². The van der Waals surface area contributed by atoms with Gasteiger partial charge in [-0.2, -0.15) is 4.98 Å². The van der Waals surface area contributed by atoms with Gasteiger partial charge in [0.15, 0.2) is 5.82 Å². The average molecular weight is 326 g/mol. The molecule has 1 aromatic carbocycles. The van der Waals surface area contributed by atoms with Crippen molar-refractivity contribution in [3.63, 3.8) is 0 Å². The zero-order valence-electron chi connectivity index (χ0n) is 12.4. The quantitative estimate of drug-likeness (QED) is 0.899. The van der Waals surface area contributed by atoms with E-state index in [9.17, 15) is 9.90 Å². The first-order chi connectivity index (χ1) is 10.2. The van der Waals surface area contributed by atoms with E-state index in [2.05, 4.69) is 15.5 Å². The Morgan fingerprint density at radius 2 is 2.18 bits per heavy atom. The second-order valence-corrected chi connectivity index (χ2v) is 5.94. The summed E-state index contributed by atoms with van der Waals surface area (Å²) in [6, 6.07) is 4.58. The molecule has 0 saturated heterocycles. The van der Waals surface area contributed by atoms with Gasteiger partial charge >= 0.3 is 6.09 Å². The molecule has 22 heavy (non-hydrogen) atoms. The molecule has 0 unspecified atom stereocenters. The van der Waals surface area contributed by atoms with E-state index in [0.29, 0.717) is 5.56 Å². The van der Waals surface area contributed by atoms with Gasteiger partial charge in [-0.25, -0.2) is 4.79 Å². The van der Waals surface area contributed by atoms with Crippen LogP contribution in [0.2, 0.25) is 5.02 Å². The Kier molecular flexibility index (Phi) is 4.56. The molecule has 0 atom stereocenters. The van der Waals surface area contributed by atoms with Crippen LogP contribution in [0.3, 0.4) is 0 Å². The van der Waals surface area contributed by atoms with Crippen molar-refractivity contribution in [2.75, 3.05) is 0 Å². The summed E-state index contributed by atoms with van der Waals surface area (Å²) in [5.74, 6) is 0.425. The zero-order chi connectivity index (χ0) is 16.3. The van der Waals surface area contributed by atoms with Crippen LogP contribution in [0.15, 0.2) is 22.7 Å². The predicted octanol–water partition coefficient (Wildman–Crippen LogP) is 3.12. The van der Waals surface area contributed by atoms with Crippen molar-refractivity contribution >= 4 is 17.7 Å². The fourth-order valence-corrected chi connectivity index (χ4v) is 1.67. The Morgan fingerprint density at radius 1 is 1.45 bits per heavy atom. The standard InChI is InChI=1S/C14H16ClN3O4/c1-14(2,3)21-13(20)16-7-11-17-12(22-18-11)8-4-5-9(15)10(19)6-8/h4-6,19H,7H2,1-3H3,(H,16,20). The van der Waals surface area contributed by atoms with E-state index in [1.54, 1.807) is 26.8 Å². The normalized spacial score (nSPS) is 11.3. The number of benzene rings is 1. The Hall–Kier alpha value is -2.28. The average Bonchev–Trinajstić information content (AvgIpc) is 2.86. The molecule has 0 spiro atoms. The molecule has 2 rings (SSSR count). The second-order valence-electron chi connectivity index (χ2n) is 5.54. The zero-order valence-corrected chi connectivity index (χ0v) is 13.1. The summed E-state index contributed by atoms with van der Waals surface area (Å²) in [7, 11) is 0. The minimum atomic E-state index is -0.576. The number of amides is 1. The van der Waals surface area contributed by atoms with Crippen LogP contribution in [0.5, 0.6) is 5.75 Å². The van der Waals surface area contributed by atoms with Crippen LogP contribution in [0.4, 0.5) is 4.79 Å². The minimum absolute atomic E-state index is 0.0674. The third-order valence-electron chi connectivity index (χ3n) is 2.45. The van der Waals surface area contributed by atoms with E-state index in [4.69, 9.17) is 20.9 Å². The van der Waals surface area contributed by atoms with Crippen molar-refractivity contribution in [2.24, 2.45) is 0 Å². The molecule has 118 valence electrons. The van der Waals surface area contributed by atoms with Gasteiger partial charge in [-0.1, -0.05) is 16.8 Å². The van der Waals surface area contributed by atoms with Crippen LogP contribution in [0.1, 0.15) is 26.6 Å². The van der Waals surface area contributed by atoms with Crippen molar-refractivity contribution in [3.05, 3.63) is 29.0 Å². The highest BCUT2D eigenvalue weighted by Crippen LogP contribution is 2.28. The van der Waals surface area contributed by atoms with Crippen molar-refractivity contribution in [1.29, 1.82) is 0 Å². The molecule has 0 radical (unpaired) electrons. The van der Waals surface area contributed by atoms with Gasteiger partial charge < -0.3 is 19.7 Å². The van der Waals surface area contributed by atoms with E-state index >= 15 is 0 Å². The van der Waals surface area contributed by atoms with Gasteiger partial charge in [-0.15, -0.1) is 0 Å². The maximum atomic E-state index is 11.5. The van der Waals surface area contributed by atoms with Crippen LogP contribution in [-0.2, 0) is 11.3 Å². The molecule has 8 heteroatoms. The summed E-state index contributed by atoms with van der Waals surface area (Å²) in [6.07, 6.45) is -0.567. The highest BCUT2D eigenvalue weighted by Gasteiger charge is 2.17. The Balaban J connectivity index is 1.99. The van der Waals surface area contributed by atoms with Crippen LogP contribution in [0, 0.1) is 0 Å². The van der Waals surface area contributed by atoms with Crippen LogP contribution in [-0.4, -0.2) is 26.9 Å². The number of alkyl carbamates (subject to hydrolysis) is 1. The number of hydrogen-bond acceptors (Lipinski definition) is 6. The SMILES string of the molecule is CC(C)(C)OC(=O)NCc1noc(-c2ccc(Cl)c(O)c2)n1. The first kappa shape index (κ1) is 16.1. The smallest absolute Gasteiger partial charge is 0.408 e. The third-order valence-corrected chi connectivity index (χ3v) is 2.77. The van der Waals surface area contributed by atoms with Gasteiger partial charge in [0.1, 0.15) is 11.4 Å². The molecule has 1 amide bonds. The van der Waals surface area contributed by atoms with Crippen LogP contribution in [0.25, 0.3) is 11.5 Å². The third kappa shape index (κ3) is 4.36. The fourth-order valence-electron chi connectivity index (χ4n) is 1.55. The number of aromatic nitrogens is 2. The summed E-state index contributed by atoms with van der Waals surface area (Å²) in [6.45, 7) is 5.38. The highest BCUT2D eigenvalue weighted by molar-refractivity contribution is 6.32. The maximum Gasteiger partial charge on any atom is 0.408 e. The van der Waals surface area contributed by atoms with Gasteiger partial charge in [0.05, 0.1) is 11.6 Å². The van der Waals surface area contributed by atoms with Crippen LogP contribution < -0.4 is 5.32 Å². The number of halogens is 1. The van der Waals surface area contributed by atoms with Gasteiger partial charge in [0.2, 0.25) is 0 Å². The number of nitrogens with zero attached hydrogens (tertiary/aromatic N) is 2. The van der Waals surface area contributed by atoms with E-state index in [0.717, 1.165) is 0 Å². The number of carbonyl (C=O) groups excluding carboxylic acids is 1. The summed E-state index contributed by atoms with van der Waals surface area (Å²) >= 11 is 5.73. The molecule has 0 bridgehead atoms. The predicted molar refractivity (Wildman–Crippen MR) is 79.5 cm³/mol. The number of nitrogens with one attached hydrogen (secondary N) is 1. The molecular formula is C14H16ClN3O4. The number of phenolic OH excluding ortho intramolecular Hbond substituents is 1. The van der Waals surface area contributed by atoms with Crippen LogP contribution >= 0.6 is 11.6 Å². The molecule has 1 heterocycles. The number of rotatable bonds is 3. The highest BCUT2D eigenvalue weighted by atomic mass is 35.5. The van der Waals surface area contributed by atoms with Crippen molar-refractivity contribution < 1.29 is 19.2 Å². The Bertz CT molecular complexity index is 679. The molecule has 2 aromatic rings. The molecule has 0 fully saturated rings. The van der Waals surface area contributed by atoms with Gasteiger partial charge in [0, 0.05) is 5.56 Å². The minimum Gasteiger partial charge on any atom is -0.506 e. The molecule has 0 aliphatic carbocycles. The number of aromatic hydroxyl groups is 1. The van der Waals surface area contributed by atoms with E-state index in [1.165, 1.54) is 12.1 Å². The number of ether oxygens (including phenoxy) is 1. The summed E-state index contributed by atoms with van der Waals surface area (Å²) in [5.41, 5.74) is -0.0502. The Labute approximate surface area is 132 Å². The first-order valence-electron chi connectivity index (χ1n) is 6.53. The fraction of sp³-hybridized carbons (Fsp3) is 0.357. The molecule has 0 aliphatic rings. The summed E-state index contributed by atoms with van der Waals surface area (Å²) in [5, 5.41) is 16.1. The van der Waals surface area contributed by atoms with Crippen molar-refractivity contribution in [1.82, 2.24) is 15.5 Å². The lowest BCUT2D eigenvalue weighted by Gasteiger charge is -2.19. The lowest BCUT2D eigenvalue weighted by Crippen LogP contribution is -2.32. The first-order valence-corrected chi connectivity index (χ1v) is 6.91. The van der Waals surface area contributed by atoms with E-state index in [1.807, 2.05) is 0 Å². The number of hydrogen-bond donors (Lipinski definition) is 2. The molecular weight excluding hydrogens is 310 g/mol. The molecule has 7 nitrogen and oxygen atoms in total. The summed E-state index contributed by atoms with van der Waals surface area (Å²) in [4.78, 5) is 15.6. The lowest BCUT2D eigenvalue weighted by atomic mass is 10.2. The number of phenols is 1. The largest absolute Gasteiger partial charge is 0.506 e. The number of carbonyl (C=O) groups is 1. The Morgan fingerprint density at radius 3 is 2.82 bits per heavy atom. The van der Waals surface area contributed by atoms with Crippen molar-refractivity contribution in [2.45, 2.75) is 32.9 Å². The van der Waals surface area contributed by atoms with Gasteiger partial charge in [-0.05, 0) is 39.0 Å². The van der Waals surface area contributed by atoms with Gasteiger partial charge in [0.25, 0.3) is 5.89 Å². The molecule has 0 aliphatic heterocycles. The summed E-state index contributed by atoms with van der Waals surface area (Å²) < 4.78 is 10.2. The van der Waals surface area contributed by atoms with Gasteiger partial charge in [-0.3, -0.25) is 0 Å². The molecule has 2 N–H and O–H groups in total. The van der Waals surface area contributed by atoms with Crippen molar-refractivity contribution in [3.8, 4) is 17.2 Å². The van der Waals surface area contributed by atoms with E-state index < -0.39 is 11.7 Å². The monoisotopic (exact) mass is 325 g/mol. The maximum absolute atomic E-state index is 11.5.